The topological polar surface area (TPSA) is 75.7 Å². The summed E-state index contributed by atoms with van der Waals surface area (Å²) in [5, 5.41) is 0.264. The highest BCUT2D eigenvalue weighted by molar-refractivity contribution is 7.86. The van der Waals surface area contributed by atoms with E-state index < -0.39 is 33.9 Å². The average Bonchev–Trinajstić information content (AvgIpc) is 2.69. The Labute approximate surface area is 171 Å². The van der Waals surface area contributed by atoms with Gasteiger partial charge in [0.1, 0.15) is 28.2 Å². The normalized spacial score (nSPS) is 13.1. The molecule has 1 atom stereocenters. The second-order valence-electron chi connectivity index (χ2n) is 6.29. The smallest absolute Gasteiger partial charge is 0.428 e. The lowest BCUT2D eigenvalue weighted by atomic mass is 10.1. The van der Waals surface area contributed by atoms with E-state index >= 15 is 0 Å². The average molecular weight is 437 g/mol. The Bertz CT molecular complexity index is 1160. The highest BCUT2D eigenvalue weighted by atomic mass is 32.2. The third-order valence-electron chi connectivity index (χ3n) is 4.26. The Morgan fingerprint density at radius 1 is 1.00 bits per heavy atom. The van der Waals surface area contributed by atoms with Crippen LogP contribution >= 0.6 is 0 Å². The molecule has 158 valence electrons. The monoisotopic (exact) mass is 437 g/mol. The van der Waals surface area contributed by atoms with E-state index in [1.54, 1.807) is 24.3 Å². The molecule has 3 aromatic rings. The van der Waals surface area contributed by atoms with Crippen molar-refractivity contribution in [3.8, 4) is 11.5 Å². The van der Waals surface area contributed by atoms with Gasteiger partial charge in [-0.3, -0.25) is 0 Å². The Kier molecular flexibility index (Phi) is 6.04. The molecule has 1 unspecified atom stereocenters. The largest absolute Gasteiger partial charge is 0.744 e. The van der Waals surface area contributed by atoms with Gasteiger partial charge in [-0.25, -0.2) is 8.42 Å². The highest BCUT2D eigenvalue weighted by Crippen LogP contribution is 2.32. The van der Waals surface area contributed by atoms with Crippen molar-refractivity contribution in [2.45, 2.75) is 17.2 Å². The van der Waals surface area contributed by atoms with E-state index in [-0.39, 0.29) is 22.3 Å². The van der Waals surface area contributed by atoms with E-state index in [0.29, 0.717) is 0 Å². The fraction of sp³-hybridized carbons (Fsp3) is 0.143. The number of hydrogen-bond acceptors (Lipinski definition) is 5. The summed E-state index contributed by atoms with van der Waals surface area (Å²) in [5.41, 5.74) is 0.724. The lowest BCUT2D eigenvalue weighted by molar-refractivity contribution is -0.202. The Balaban J connectivity index is 1.87. The summed E-state index contributed by atoms with van der Waals surface area (Å²) in [5.74, 6) is 0.00188. The SMILES string of the molecule is C=Cc1ccc(OC(COc2ccc(S(=O)(=O)[O-])c3ccccc23)C(F)(F)F)cc1. The maximum absolute atomic E-state index is 13.4. The maximum Gasteiger partial charge on any atom is 0.428 e. The third-order valence-corrected chi connectivity index (χ3v) is 5.16. The number of ether oxygens (including phenoxy) is 2. The summed E-state index contributed by atoms with van der Waals surface area (Å²) in [4.78, 5) is -0.476. The van der Waals surface area contributed by atoms with Crippen molar-refractivity contribution in [2.24, 2.45) is 0 Å². The lowest BCUT2D eigenvalue weighted by Gasteiger charge is -2.23. The Hall–Kier alpha value is -3.04. The minimum Gasteiger partial charge on any atom is -0.744 e. The molecule has 0 aliphatic carbocycles. The quantitative estimate of drug-likeness (QED) is 0.498. The minimum atomic E-state index is -4.76. The fourth-order valence-electron chi connectivity index (χ4n) is 2.80. The number of benzene rings is 3. The molecule has 3 rings (SSSR count). The molecule has 3 aromatic carbocycles. The molecular formula is C21H16F3O5S-. The van der Waals surface area contributed by atoms with Gasteiger partial charge in [0.05, 0.1) is 4.90 Å². The molecule has 0 aromatic heterocycles. The van der Waals surface area contributed by atoms with Gasteiger partial charge in [0.15, 0.2) is 0 Å². The molecule has 9 heteroatoms. The Morgan fingerprint density at radius 3 is 2.20 bits per heavy atom. The molecule has 0 aliphatic rings. The van der Waals surface area contributed by atoms with Gasteiger partial charge in [0, 0.05) is 10.8 Å². The predicted octanol–water partition coefficient (Wildman–Crippen LogP) is 4.78. The molecule has 0 radical (unpaired) electrons. The van der Waals surface area contributed by atoms with Crippen LogP contribution in [-0.4, -0.2) is 31.9 Å². The first-order chi connectivity index (χ1) is 14.1. The number of fused-ring (bicyclic) bond motifs is 1. The molecule has 5 nitrogen and oxygen atoms in total. The van der Waals surface area contributed by atoms with Crippen LogP contribution in [0.25, 0.3) is 16.8 Å². The lowest BCUT2D eigenvalue weighted by Crippen LogP contribution is -2.39. The van der Waals surface area contributed by atoms with E-state index in [0.717, 1.165) is 17.7 Å². The number of rotatable bonds is 7. The van der Waals surface area contributed by atoms with E-state index in [9.17, 15) is 26.1 Å². The van der Waals surface area contributed by atoms with Crippen molar-refractivity contribution in [1.29, 1.82) is 0 Å². The maximum atomic E-state index is 13.4. The van der Waals surface area contributed by atoms with Gasteiger partial charge in [0.2, 0.25) is 6.10 Å². The van der Waals surface area contributed by atoms with Crippen LogP contribution in [0.5, 0.6) is 11.5 Å². The van der Waals surface area contributed by atoms with Crippen LogP contribution in [0.1, 0.15) is 5.56 Å². The van der Waals surface area contributed by atoms with Crippen LogP contribution in [0, 0.1) is 0 Å². The minimum absolute atomic E-state index is 0.00199. The first-order valence-electron chi connectivity index (χ1n) is 8.66. The zero-order chi connectivity index (χ0) is 21.9. The molecule has 0 amide bonds. The number of halogens is 3. The summed E-state index contributed by atoms with van der Waals surface area (Å²) in [6.07, 6.45) is -5.44. The van der Waals surface area contributed by atoms with Crippen LogP contribution in [0.4, 0.5) is 13.2 Å². The van der Waals surface area contributed by atoms with Gasteiger partial charge in [-0.05, 0) is 29.8 Å². The van der Waals surface area contributed by atoms with Gasteiger partial charge in [0.25, 0.3) is 0 Å². The zero-order valence-electron chi connectivity index (χ0n) is 15.4. The highest BCUT2D eigenvalue weighted by Gasteiger charge is 2.42. The second-order valence-corrected chi connectivity index (χ2v) is 7.64. The molecule has 0 N–H and O–H groups in total. The summed E-state index contributed by atoms with van der Waals surface area (Å²) in [7, 11) is -4.76. The molecule has 0 bridgehead atoms. The zero-order valence-corrected chi connectivity index (χ0v) is 16.2. The summed E-state index contributed by atoms with van der Waals surface area (Å²) < 4.78 is 85.0. The van der Waals surface area contributed by atoms with Crippen molar-refractivity contribution >= 4 is 27.0 Å². The van der Waals surface area contributed by atoms with Gasteiger partial charge in [-0.2, -0.15) is 13.2 Å². The van der Waals surface area contributed by atoms with Gasteiger partial charge < -0.3 is 14.0 Å². The van der Waals surface area contributed by atoms with E-state index in [1.807, 2.05) is 0 Å². The second kappa shape index (κ2) is 8.37. The molecule has 0 saturated carbocycles. The number of hydrogen-bond donors (Lipinski definition) is 0. The van der Waals surface area contributed by atoms with Crippen LogP contribution in [-0.2, 0) is 10.1 Å². The summed E-state index contributed by atoms with van der Waals surface area (Å²) >= 11 is 0. The molecule has 0 fully saturated rings. The molecule has 0 saturated heterocycles. The predicted molar refractivity (Wildman–Crippen MR) is 104 cm³/mol. The van der Waals surface area contributed by atoms with Crippen molar-refractivity contribution in [2.75, 3.05) is 6.61 Å². The molecule has 0 heterocycles. The molecule has 30 heavy (non-hydrogen) atoms. The fourth-order valence-corrected chi connectivity index (χ4v) is 3.48. The van der Waals surface area contributed by atoms with Crippen molar-refractivity contribution < 1.29 is 35.6 Å². The van der Waals surface area contributed by atoms with Crippen LogP contribution in [0.3, 0.4) is 0 Å². The molecular weight excluding hydrogens is 421 g/mol. The third kappa shape index (κ3) is 4.92. The van der Waals surface area contributed by atoms with E-state index in [4.69, 9.17) is 9.47 Å². The van der Waals surface area contributed by atoms with E-state index in [2.05, 4.69) is 6.58 Å². The van der Waals surface area contributed by atoms with Crippen molar-refractivity contribution in [3.63, 3.8) is 0 Å². The van der Waals surface area contributed by atoms with E-state index in [1.165, 1.54) is 30.3 Å². The number of alkyl halides is 3. The summed E-state index contributed by atoms with van der Waals surface area (Å²) in [6.45, 7) is 2.70. The first-order valence-corrected chi connectivity index (χ1v) is 10.1. The van der Waals surface area contributed by atoms with Gasteiger partial charge in [-0.1, -0.05) is 49.1 Å². The Morgan fingerprint density at radius 2 is 1.63 bits per heavy atom. The van der Waals surface area contributed by atoms with Crippen molar-refractivity contribution in [1.82, 2.24) is 0 Å². The van der Waals surface area contributed by atoms with Crippen LogP contribution < -0.4 is 9.47 Å². The van der Waals surface area contributed by atoms with Gasteiger partial charge in [-0.15, -0.1) is 0 Å². The van der Waals surface area contributed by atoms with Gasteiger partial charge >= 0.3 is 6.18 Å². The summed E-state index contributed by atoms with van der Waals surface area (Å²) in [6, 6.07) is 14.0. The van der Waals surface area contributed by atoms with Crippen LogP contribution in [0.15, 0.2) is 72.1 Å². The van der Waals surface area contributed by atoms with Crippen LogP contribution in [0.2, 0.25) is 0 Å². The first kappa shape index (κ1) is 21.7. The molecule has 0 aliphatic heterocycles. The van der Waals surface area contributed by atoms with Crippen molar-refractivity contribution in [3.05, 3.63) is 72.8 Å². The molecule has 0 spiro atoms. The standard InChI is InChI=1S/C21H17F3O5S/c1-2-14-7-9-15(10-8-14)29-20(21(22,23)24)13-28-18-11-12-19(30(25,26)27)17-6-4-3-5-16(17)18/h2-12,20H,1,13H2,(H,25,26,27)/p-1.